The molecule has 1 aromatic carbocycles. The zero-order valence-corrected chi connectivity index (χ0v) is 11.1. The quantitative estimate of drug-likeness (QED) is 0.848. The summed E-state index contributed by atoms with van der Waals surface area (Å²) in [6.07, 6.45) is 1.51. The highest BCUT2D eigenvalue weighted by atomic mass is 35.5. The Labute approximate surface area is 116 Å². The number of hydrogen-bond donors (Lipinski definition) is 2. The Bertz CT molecular complexity index is 560. The fourth-order valence-corrected chi connectivity index (χ4v) is 1.82. The zero-order chi connectivity index (χ0) is 13.0. The maximum absolute atomic E-state index is 11.9. The third kappa shape index (κ3) is 3.03. The lowest BCUT2D eigenvalue weighted by Crippen LogP contribution is -2.24. The van der Waals surface area contributed by atoms with Gasteiger partial charge in [-0.05, 0) is 11.6 Å². The Morgan fingerprint density at radius 2 is 2.00 bits per heavy atom. The molecule has 2 rings (SSSR count). The average molecular weight is 279 g/mol. The van der Waals surface area contributed by atoms with Crippen LogP contribution in [0.15, 0.2) is 47.5 Å². The van der Waals surface area contributed by atoms with Crippen LogP contribution >= 0.6 is 24.2 Å². The summed E-state index contributed by atoms with van der Waals surface area (Å²) in [5.41, 5.74) is 1.21. The van der Waals surface area contributed by atoms with Crippen LogP contribution < -0.4 is 5.32 Å². The van der Waals surface area contributed by atoms with Crippen molar-refractivity contribution in [3.63, 3.8) is 0 Å². The molecule has 3 nitrogen and oxygen atoms in total. The standard InChI is InChI=1S/C13H11ClN2OS/c14-11-10(18)6-7-15-12(11)13(17)16-8-9-4-2-1-3-5-9/h1-7H,8H2,(H,15,18)(H,16,17). The number of aromatic nitrogens is 1. The average Bonchev–Trinajstić information content (AvgIpc) is 2.40. The summed E-state index contributed by atoms with van der Waals surface area (Å²) in [5.74, 6) is -0.306. The van der Waals surface area contributed by atoms with Gasteiger partial charge in [0.05, 0.1) is 5.02 Å². The summed E-state index contributed by atoms with van der Waals surface area (Å²) >= 11 is 10.1. The van der Waals surface area contributed by atoms with Gasteiger partial charge in [-0.2, -0.15) is 0 Å². The van der Waals surface area contributed by atoms with E-state index in [1.54, 1.807) is 6.07 Å². The molecule has 0 unspecified atom stereocenters. The largest absolute Gasteiger partial charge is 0.347 e. The van der Waals surface area contributed by atoms with E-state index >= 15 is 0 Å². The molecule has 0 atom stereocenters. The van der Waals surface area contributed by atoms with Crippen LogP contribution in [0.2, 0.25) is 5.02 Å². The Morgan fingerprint density at radius 3 is 2.72 bits per heavy atom. The monoisotopic (exact) mass is 278 g/mol. The summed E-state index contributed by atoms with van der Waals surface area (Å²) in [6.45, 7) is 0.439. The van der Waals surface area contributed by atoms with E-state index in [-0.39, 0.29) is 16.6 Å². The van der Waals surface area contributed by atoms with Crippen LogP contribution in [0.4, 0.5) is 0 Å². The summed E-state index contributed by atoms with van der Waals surface area (Å²) in [7, 11) is 0. The molecule has 1 N–H and O–H groups in total. The first-order valence-corrected chi connectivity index (χ1v) is 6.16. The summed E-state index contributed by atoms with van der Waals surface area (Å²) < 4.78 is 0. The maximum atomic E-state index is 11.9. The van der Waals surface area contributed by atoms with Crippen molar-refractivity contribution in [1.82, 2.24) is 10.3 Å². The van der Waals surface area contributed by atoms with E-state index in [4.69, 9.17) is 11.6 Å². The Balaban J connectivity index is 2.07. The van der Waals surface area contributed by atoms with Crippen molar-refractivity contribution in [3.05, 3.63) is 58.9 Å². The van der Waals surface area contributed by atoms with Crippen LogP contribution in [0, 0.1) is 0 Å². The number of halogens is 1. The second kappa shape index (κ2) is 5.89. The predicted molar refractivity (Wildman–Crippen MR) is 74.1 cm³/mol. The molecule has 5 heteroatoms. The van der Waals surface area contributed by atoms with Gasteiger partial charge < -0.3 is 5.32 Å². The van der Waals surface area contributed by atoms with Gasteiger partial charge in [0.2, 0.25) is 0 Å². The molecule has 0 aliphatic carbocycles. The van der Waals surface area contributed by atoms with Crippen LogP contribution in [0.1, 0.15) is 16.1 Å². The van der Waals surface area contributed by atoms with Gasteiger partial charge in [-0.15, -0.1) is 12.6 Å². The van der Waals surface area contributed by atoms with E-state index in [1.165, 1.54) is 6.20 Å². The first-order valence-electron chi connectivity index (χ1n) is 5.34. The van der Waals surface area contributed by atoms with Gasteiger partial charge >= 0.3 is 0 Å². The molecule has 1 heterocycles. The molecule has 0 saturated heterocycles. The number of nitrogens with one attached hydrogen (secondary N) is 1. The van der Waals surface area contributed by atoms with E-state index in [0.717, 1.165) is 5.56 Å². The molecule has 2 aromatic rings. The molecule has 0 radical (unpaired) electrons. The summed E-state index contributed by atoms with van der Waals surface area (Å²) in [5, 5.41) is 3.03. The number of thiol groups is 1. The van der Waals surface area contributed by atoms with Crippen molar-refractivity contribution in [2.24, 2.45) is 0 Å². The zero-order valence-electron chi connectivity index (χ0n) is 9.43. The van der Waals surface area contributed by atoms with E-state index in [9.17, 15) is 4.79 Å². The summed E-state index contributed by atoms with van der Waals surface area (Å²) in [6, 6.07) is 11.3. The normalized spacial score (nSPS) is 10.1. The number of hydrogen-bond acceptors (Lipinski definition) is 3. The molecule has 0 aliphatic heterocycles. The highest BCUT2D eigenvalue weighted by Gasteiger charge is 2.13. The molecule has 18 heavy (non-hydrogen) atoms. The second-order valence-corrected chi connectivity index (χ2v) is 4.52. The number of pyridine rings is 1. The molecule has 0 spiro atoms. The van der Waals surface area contributed by atoms with Crippen LogP contribution in [0.5, 0.6) is 0 Å². The number of carbonyl (C=O) groups is 1. The molecule has 1 aromatic heterocycles. The molecular formula is C13H11ClN2OS. The van der Waals surface area contributed by atoms with Gasteiger partial charge in [0.25, 0.3) is 5.91 Å². The third-order valence-electron chi connectivity index (χ3n) is 2.38. The SMILES string of the molecule is O=C(NCc1ccccc1)c1nccc(S)c1Cl. The fraction of sp³-hybridized carbons (Fsp3) is 0.0769. The molecule has 0 fully saturated rings. The predicted octanol–water partition coefficient (Wildman–Crippen LogP) is 2.95. The number of benzene rings is 1. The second-order valence-electron chi connectivity index (χ2n) is 3.66. The van der Waals surface area contributed by atoms with Gasteiger partial charge in [-0.3, -0.25) is 4.79 Å². The molecule has 0 saturated carbocycles. The lowest BCUT2D eigenvalue weighted by atomic mass is 10.2. The van der Waals surface area contributed by atoms with E-state index in [1.807, 2.05) is 30.3 Å². The number of amides is 1. The van der Waals surface area contributed by atoms with Crippen molar-refractivity contribution >= 4 is 30.1 Å². The first kappa shape index (κ1) is 12.9. The van der Waals surface area contributed by atoms with Crippen molar-refractivity contribution in [3.8, 4) is 0 Å². The smallest absolute Gasteiger partial charge is 0.271 e. The van der Waals surface area contributed by atoms with E-state index < -0.39 is 0 Å². The highest BCUT2D eigenvalue weighted by molar-refractivity contribution is 7.80. The lowest BCUT2D eigenvalue weighted by molar-refractivity contribution is 0.0946. The van der Waals surface area contributed by atoms with E-state index in [0.29, 0.717) is 11.4 Å². The number of rotatable bonds is 3. The molecule has 92 valence electrons. The Morgan fingerprint density at radius 1 is 1.28 bits per heavy atom. The van der Waals surface area contributed by atoms with Crippen molar-refractivity contribution < 1.29 is 4.79 Å². The van der Waals surface area contributed by atoms with E-state index in [2.05, 4.69) is 22.9 Å². The first-order chi connectivity index (χ1) is 8.68. The summed E-state index contributed by atoms with van der Waals surface area (Å²) in [4.78, 5) is 16.4. The molecule has 0 aliphatic rings. The minimum atomic E-state index is -0.306. The molecular weight excluding hydrogens is 268 g/mol. The maximum Gasteiger partial charge on any atom is 0.271 e. The topological polar surface area (TPSA) is 42.0 Å². The minimum Gasteiger partial charge on any atom is -0.347 e. The number of nitrogens with zero attached hydrogens (tertiary/aromatic N) is 1. The van der Waals surface area contributed by atoms with Crippen molar-refractivity contribution in [2.75, 3.05) is 0 Å². The Kier molecular flexibility index (Phi) is 4.23. The van der Waals surface area contributed by atoms with Gasteiger partial charge in [-0.25, -0.2) is 4.98 Å². The minimum absolute atomic E-state index is 0.195. The van der Waals surface area contributed by atoms with Crippen LogP contribution in [-0.4, -0.2) is 10.9 Å². The van der Waals surface area contributed by atoms with Crippen molar-refractivity contribution in [2.45, 2.75) is 11.4 Å². The van der Waals surface area contributed by atoms with Crippen LogP contribution in [-0.2, 0) is 6.54 Å². The van der Waals surface area contributed by atoms with Gasteiger partial charge in [0.15, 0.2) is 0 Å². The van der Waals surface area contributed by atoms with Crippen LogP contribution in [0.3, 0.4) is 0 Å². The van der Waals surface area contributed by atoms with Gasteiger partial charge in [0, 0.05) is 17.6 Å². The highest BCUT2D eigenvalue weighted by Crippen LogP contribution is 2.21. The van der Waals surface area contributed by atoms with Crippen LogP contribution in [0.25, 0.3) is 0 Å². The molecule has 0 bridgehead atoms. The van der Waals surface area contributed by atoms with Gasteiger partial charge in [-0.1, -0.05) is 41.9 Å². The Hall–Kier alpha value is -1.52. The fourth-order valence-electron chi connectivity index (χ4n) is 1.45. The lowest BCUT2D eigenvalue weighted by Gasteiger charge is -2.07. The van der Waals surface area contributed by atoms with Crippen molar-refractivity contribution in [1.29, 1.82) is 0 Å². The third-order valence-corrected chi connectivity index (χ3v) is 3.27. The molecule has 1 amide bonds. The van der Waals surface area contributed by atoms with Gasteiger partial charge in [0.1, 0.15) is 5.69 Å². The number of carbonyl (C=O) groups excluding carboxylic acids is 1.